The Balaban J connectivity index is 1.43. The normalized spacial score (nSPS) is 19.8. The molecule has 0 aliphatic carbocycles. The molecule has 0 radical (unpaired) electrons. The first-order chi connectivity index (χ1) is 19.4. The first-order valence-corrected chi connectivity index (χ1v) is 14.4. The molecule has 2 unspecified atom stereocenters. The first kappa shape index (κ1) is 26.1. The number of thioether (sulfide) groups is 1. The number of nitrogens with one attached hydrogen (secondary N) is 1. The second-order valence-electron chi connectivity index (χ2n) is 9.67. The summed E-state index contributed by atoms with van der Waals surface area (Å²) in [5.74, 6) is -1.79. The van der Waals surface area contributed by atoms with Gasteiger partial charge in [-0.2, -0.15) is 0 Å². The number of hydrogen-bond acceptors (Lipinski definition) is 7. The molecule has 0 saturated carbocycles. The fourth-order valence-electron chi connectivity index (χ4n) is 5.33. The highest BCUT2D eigenvalue weighted by Crippen LogP contribution is 2.55. The van der Waals surface area contributed by atoms with Crippen molar-refractivity contribution in [2.75, 3.05) is 17.3 Å². The van der Waals surface area contributed by atoms with Crippen LogP contribution in [0.3, 0.4) is 0 Å². The highest BCUT2D eigenvalue weighted by Gasteiger charge is 2.57. The van der Waals surface area contributed by atoms with Crippen LogP contribution in [0, 0.1) is 12.8 Å². The van der Waals surface area contributed by atoms with Gasteiger partial charge < -0.3 is 10.1 Å². The summed E-state index contributed by atoms with van der Waals surface area (Å²) in [6, 6.07) is 23.6. The fraction of sp³-hybridized carbons (Fsp3) is 0.200. The largest absolute Gasteiger partial charge is 0.496 e. The van der Waals surface area contributed by atoms with Crippen molar-refractivity contribution in [3.8, 4) is 5.75 Å². The number of fused-ring (bicyclic) bond motifs is 2. The Bertz CT molecular complexity index is 1680. The van der Waals surface area contributed by atoms with Gasteiger partial charge in [0.25, 0.3) is 0 Å². The lowest BCUT2D eigenvalue weighted by Crippen LogP contribution is -2.33. The Morgan fingerprint density at radius 1 is 0.925 bits per heavy atom. The molecule has 10 heteroatoms. The highest BCUT2D eigenvalue weighted by atomic mass is 32.2. The Labute approximate surface area is 238 Å². The van der Waals surface area contributed by atoms with Crippen molar-refractivity contribution in [1.82, 2.24) is 4.57 Å². The zero-order valence-corrected chi connectivity index (χ0v) is 23.3. The molecule has 2 aliphatic heterocycles. The van der Waals surface area contributed by atoms with Gasteiger partial charge in [-0.25, -0.2) is 4.90 Å². The number of anilines is 2. The minimum Gasteiger partial charge on any atom is -0.496 e. The smallest absolute Gasteiger partial charge is 0.308 e. The summed E-state index contributed by atoms with van der Waals surface area (Å²) in [7, 11) is 1.55. The highest BCUT2D eigenvalue weighted by molar-refractivity contribution is 8.00. The summed E-state index contributed by atoms with van der Waals surface area (Å²) in [6.45, 7) is 1.74. The van der Waals surface area contributed by atoms with Crippen molar-refractivity contribution in [1.29, 1.82) is 0 Å². The van der Waals surface area contributed by atoms with E-state index < -0.39 is 17.1 Å². The lowest BCUT2D eigenvalue weighted by Gasteiger charge is -2.31. The number of nitrogens with zero attached hydrogens (tertiary/aromatic N) is 2. The number of imide groups is 1. The molecule has 0 spiro atoms. The summed E-state index contributed by atoms with van der Waals surface area (Å²) >= 11 is 2.20. The Hall–Kier alpha value is -4.15. The number of ether oxygens (including phenoxy) is 1. The van der Waals surface area contributed by atoms with E-state index in [-0.39, 0.29) is 29.1 Å². The molecule has 40 heavy (non-hydrogen) atoms. The van der Waals surface area contributed by atoms with Crippen LogP contribution in [-0.2, 0) is 20.9 Å². The molecule has 1 N–H and O–H groups in total. The number of carbonyl (C=O) groups excluding carboxylic acids is 3. The van der Waals surface area contributed by atoms with Gasteiger partial charge in [0.1, 0.15) is 17.5 Å². The fourth-order valence-corrected chi connectivity index (χ4v) is 8.09. The number of carbonyl (C=O) groups is 3. The zero-order chi connectivity index (χ0) is 28.0. The van der Waals surface area contributed by atoms with E-state index in [2.05, 4.69) is 5.32 Å². The third-order valence-corrected chi connectivity index (χ3v) is 9.78. The standard InChI is InChI=1S/C30H25N3O5S2/c1-17-12-14-18(15-13-17)31-22(34)16-32-29-26(40-30(32)37)23(20-10-6-7-11-21(20)38-2)24-25(39-29)28(36)33(27(24)35)19-8-4-3-5-9-19/h3-15,23-25H,16H2,1-2H3,(H,31,34)/t23-,24?,25?/m1/s1. The maximum atomic E-state index is 13.9. The molecule has 1 fully saturated rings. The number of aromatic nitrogens is 1. The molecule has 8 nitrogen and oxygen atoms in total. The number of benzene rings is 3. The maximum Gasteiger partial charge on any atom is 0.308 e. The lowest BCUT2D eigenvalue weighted by molar-refractivity contribution is -0.122. The van der Waals surface area contributed by atoms with Gasteiger partial charge in [0.05, 0.1) is 23.7 Å². The van der Waals surface area contributed by atoms with Crippen LogP contribution >= 0.6 is 23.1 Å². The molecule has 3 atom stereocenters. The van der Waals surface area contributed by atoms with Gasteiger partial charge in [-0.15, -0.1) is 0 Å². The lowest BCUT2D eigenvalue weighted by atomic mass is 9.82. The van der Waals surface area contributed by atoms with Crippen LogP contribution < -0.4 is 19.8 Å². The van der Waals surface area contributed by atoms with Crippen LogP contribution in [0.1, 0.15) is 21.9 Å². The topological polar surface area (TPSA) is 97.7 Å². The molecular weight excluding hydrogens is 546 g/mol. The molecule has 202 valence electrons. The average Bonchev–Trinajstić information content (AvgIpc) is 3.40. The van der Waals surface area contributed by atoms with Crippen LogP contribution in [0.2, 0.25) is 0 Å². The third kappa shape index (κ3) is 4.43. The van der Waals surface area contributed by atoms with Crippen molar-refractivity contribution in [2.24, 2.45) is 5.92 Å². The molecule has 0 bridgehead atoms. The van der Waals surface area contributed by atoms with E-state index in [9.17, 15) is 19.2 Å². The van der Waals surface area contributed by atoms with E-state index in [0.717, 1.165) is 22.5 Å². The van der Waals surface area contributed by atoms with E-state index in [1.807, 2.05) is 43.3 Å². The number of para-hydroxylation sites is 2. The van der Waals surface area contributed by atoms with E-state index in [1.54, 1.807) is 49.6 Å². The summed E-state index contributed by atoms with van der Waals surface area (Å²) in [6.07, 6.45) is 0. The van der Waals surface area contributed by atoms with Crippen molar-refractivity contribution < 1.29 is 19.1 Å². The van der Waals surface area contributed by atoms with Crippen molar-refractivity contribution in [3.05, 3.63) is 105 Å². The Kier molecular flexibility index (Phi) is 6.81. The first-order valence-electron chi connectivity index (χ1n) is 12.7. The van der Waals surface area contributed by atoms with Crippen LogP contribution in [0.25, 0.3) is 0 Å². The van der Waals surface area contributed by atoms with Crippen molar-refractivity contribution in [2.45, 2.75) is 29.7 Å². The van der Waals surface area contributed by atoms with Crippen LogP contribution in [-0.4, -0.2) is 34.6 Å². The number of thiazole rings is 1. The third-order valence-electron chi connectivity index (χ3n) is 7.17. The molecule has 3 heterocycles. The predicted octanol–water partition coefficient (Wildman–Crippen LogP) is 4.66. The minimum atomic E-state index is -0.768. The molecule has 2 aliphatic rings. The maximum absolute atomic E-state index is 13.9. The van der Waals surface area contributed by atoms with E-state index in [1.165, 1.54) is 21.2 Å². The van der Waals surface area contributed by atoms with Crippen LogP contribution in [0.4, 0.5) is 11.4 Å². The van der Waals surface area contributed by atoms with Gasteiger partial charge in [0.15, 0.2) is 0 Å². The van der Waals surface area contributed by atoms with Crippen molar-refractivity contribution in [3.63, 3.8) is 0 Å². The monoisotopic (exact) mass is 571 g/mol. The van der Waals surface area contributed by atoms with Gasteiger partial charge in [-0.3, -0.25) is 23.7 Å². The number of methoxy groups -OCH3 is 1. The van der Waals surface area contributed by atoms with Gasteiger partial charge in [0.2, 0.25) is 17.7 Å². The van der Waals surface area contributed by atoms with Crippen LogP contribution in [0.15, 0.2) is 88.7 Å². The molecule has 4 aromatic rings. The Morgan fingerprint density at radius 3 is 2.35 bits per heavy atom. The molecule has 3 aromatic carbocycles. The summed E-state index contributed by atoms with van der Waals surface area (Å²) in [4.78, 5) is 55.6. The number of amides is 3. The van der Waals surface area contributed by atoms with Gasteiger partial charge in [-0.05, 0) is 37.3 Å². The van der Waals surface area contributed by atoms with Gasteiger partial charge >= 0.3 is 4.87 Å². The number of hydrogen-bond donors (Lipinski definition) is 1. The predicted molar refractivity (Wildman–Crippen MR) is 155 cm³/mol. The van der Waals surface area contributed by atoms with Crippen LogP contribution in [0.5, 0.6) is 5.75 Å². The average molecular weight is 572 g/mol. The second kappa shape index (κ2) is 10.4. The molecular formula is C30H25N3O5S2. The molecule has 1 saturated heterocycles. The molecule has 3 amide bonds. The molecule has 1 aromatic heterocycles. The van der Waals surface area contributed by atoms with E-state index in [4.69, 9.17) is 4.74 Å². The minimum absolute atomic E-state index is 0.216. The van der Waals surface area contributed by atoms with Gasteiger partial charge in [-0.1, -0.05) is 77.2 Å². The summed E-state index contributed by atoms with van der Waals surface area (Å²) in [5.41, 5.74) is 2.91. The summed E-state index contributed by atoms with van der Waals surface area (Å²) in [5, 5.41) is 2.60. The van der Waals surface area contributed by atoms with E-state index >= 15 is 0 Å². The van der Waals surface area contributed by atoms with Gasteiger partial charge in [0, 0.05) is 22.0 Å². The van der Waals surface area contributed by atoms with Crippen molar-refractivity contribution >= 4 is 52.2 Å². The number of aryl methyl sites for hydroxylation is 1. The SMILES string of the molecule is COc1ccccc1[C@H]1c2sc(=O)n(CC(=O)Nc3ccc(C)cc3)c2SC2C(=O)N(c3ccccc3)C(=O)C21. The quantitative estimate of drug-likeness (QED) is 0.338. The summed E-state index contributed by atoms with van der Waals surface area (Å²) < 4.78 is 7.06. The Morgan fingerprint density at radius 2 is 1.62 bits per heavy atom. The van der Waals surface area contributed by atoms with E-state index in [0.29, 0.717) is 27.0 Å². The zero-order valence-electron chi connectivity index (χ0n) is 21.7. The molecule has 6 rings (SSSR count). The number of rotatable bonds is 6. The second-order valence-corrected chi connectivity index (χ2v) is 11.8.